The highest BCUT2D eigenvalue weighted by Crippen LogP contribution is 2.25. The molecule has 0 saturated heterocycles. The van der Waals surface area contributed by atoms with Gasteiger partial charge in [-0.1, -0.05) is 26.0 Å². The van der Waals surface area contributed by atoms with Gasteiger partial charge in [0.15, 0.2) is 0 Å². The molecule has 1 radical (unpaired) electrons. The van der Waals surface area contributed by atoms with Crippen LogP contribution in [0.5, 0.6) is 5.75 Å². The minimum atomic E-state index is 0.992. The van der Waals surface area contributed by atoms with E-state index in [2.05, 4.69) is 38.1 Å². The molecule has 0 aromatic heterocycles. The summed E-state index contributed by atoms with van der Waals surface area (Å²) in [7, 11) is 0. The van der Waals surface area contributed by atoms with Crippen molar-refractivity contribution in [2.75, 3.05) is 0 Å². The van der Waals surface area contributed by atoms with Crippen LogP contribution in [0.25, 0.3) is 0 Å². The Labute approximate surface area is 85.4 Å². The van der Waals surface area contributed by atoms with Crippen LogP contribution >= 0.6 is 0 Å². The summed E-state index contributed by atoms with van der Waals surface area (Å²) in [5, 5.41) is 0. The van der Waals surface area contributed by atoms with Gasteiger partial charge in [0, 0.05) is 0 Å². The molecule has 0 unspecified atom stereocenters. The van der Waals surface area contributed by atoms with E-state index < -0.39 is 0 Å². The lowest BCUT2D eigenvalue weighted by atomic mass is 9.99. The average Bonchev–Trinajstić information content (AvgIpc) is 2.17. The molecule has 73 valence electrons. The van der Waals surface area contributed by atoms with E-state index in [0.29, 0.717) is 0 Å². The SMILES string of the molecule is C[C](C)Cc1ccc2c(c1)CC=CO2. The minimum absolute atomic E-state index is 0.992. The van der Waals surface area contributed by atoms with Crippen molar-refractivity contribution in [3.05, 3.63) is 47.6 Å². The predicted molar refractivity (Wildman–Crippen MR) is 58.2 cm³/mol. The van der Waals surface area contributed by atoms with E-state index in [-0.39, 0.29) is 0 Å². The smallest absolute Gasteiger partial charge is 0.130 e. The summed E-state index contributed by atoms with van der Waals surface area (Å²) >= 11 is 0. The zero-order valence-corrected chi connectivity index (χ0v) is 8.71. The first-order chi connectivity index (χ1) is 6.75. The van der Waals surface area contributed by atoms with Crippen LogP contribution in [-0.4, -0.2) is 0 Å². The number of allylic oxidation sites excluding steroid dienone is 1. The van der Waals surface area contributed by atoms with E-state index in [1.807, 2.05) is 0 Å². The van der Waals surface area contributed by atoms with E-state index in [9.17, 15) is 0 Å². The zero-order valence-electron chi connectivity index (χ0n) is 8.71. The lowest BCUT2D eigenvalue weighted by molar-refractivity contribution is 0.464. The molecule has 0 spiro atoms. The summed E-state index contributed by atoms with van der Waals surface area (Å²) in [5.74, 6) is 2.45. The third-order valence-electron chi connectivity index (χ3n) is 2.31. The first-order valence-corrected chi connectivity index (χ1v) is 4.98. The number of hydrogen-bond acceptors (Lipinski definition) is 1. The third kappa shape index (κ3) is 1.98. The molecule has 0 aliphatic carbocycles. The lowest BCUT2D eigenvalue weighted by Crippen LogP contribution is -1.99. The van der Waals surface area contributed by atoms with Gasteiger partial charge in [0.25, 0.3) is 0 Å². The number of benzene rings is 1. The van der Waals surface area contributed by atoms with Crippen molar-refractivity contribution >= 4 is 0 Å². The van der Waals surface area contributed by atoms with E-state index >= 15 is 0 Å². The maximum Gasteiger partial charge on any atom is 0.130 e. The van der Waals surface area contributed by atoms with Crippen LogP contribution in [0, 0.1) is 5.92 Å². The molecule has 1 aliphatic heterocycles. The topological polar surface area (TPSA) is 9.23 Å². The van der Waals surface area contributed by atoms with Gasteiger partial charge < -0.3 is 4.74 Å². The number of ether oxygens (including phenoxy) is 1. The van der Waals surface area contributed by atoms with Gasteiger partial charge in [-0.25, -0.2) is 0 Å². The molecule has 1 heterocycles. The summed E-state index contributed by atoms with van der Waals surface area (Å²) in [6.45, 7) is 4.33. The van der Waals surface area contributed by atoms with E-state index in [1.165, 1.54) is 17.0 Å². The number of hydrogen-bond donors (Lipinski definition) is 0. The fourth-order valence-electron chi connectivity index (χ4n) is 1.72. The fraction of sp³-hybridized carbons (Fsp3) is 0.308. The first-order valence-electron chi connectivity index (χ1n) is 4.98. The van der Waals surface area contributed by atoms with Crippen LogP contribution in [-0.2, 0) is 12.8 Å². The van der Waals surface area contributed by atoms with Gasteiger partial charge in [0.1, 0.15) is 5.75 Å². The summed E-state index contributed by atoms with van der Waals surface area (Å²) < 4.78 is 5.40. The standard InChI is InChI=1S/C13H15O/c1-10(2)8-11-5-6-13-12(9-11)4-3-7-14-13/h3,5-7,9H,4,8H2,1-2H3. The van der Waals surface area contributed by atoms with Gasteiger partial charge in [-0.05, 0) is 42.0 Å². The lowest BCUT2D eigenvalue weighted by Gasteiger charge is -2.13. The molecule has 0 saturated carbocycles. The normalized spacial score (nSPS) is 13.9. The number of fused-ring (bicyclic) bond motifs is 1. The van der Waals surface area contributed by atoms with Crippen LogP contribution in [0.1, 0.15) is 25.0 Å². The van der Waals surface area contributed by atoms with Gasteiger partial charge in [-0.3, -0.25) is 0 Å². The van der Waals surface area contributed by atoms with Crippen molar-refractivity contribution in [3.8, 4) is 5.75 Å². The monoisotopic (exact) mass is 187 g/mol. The van der Waals surface area contributed by atoms with Gasteiger partial charge in [-0.15, -0.1) is 0 Å². The Balaban J connectivity index is 2.23. The van der Waals surface area contributed by atoms with Crippen LogP contribution in [0.4, 0.5) is 0 Å². The van der Waals surface area contributed by atoms with Gasteiger partial charge in [0.2, 0.25) is 0 Å². The number of rotatable bonds is 2. The summed E-state index contributed by atoms with van der Waals surface area (Å²) in [5.41, 5.74) is 2.67. The Kier molecular flexibility index (Phi) is 2.58. The van der Waals surface area contributed by atoms with Crippen molar-refractivity contribution in [1.29, 1.82) is 0 Å². The molecule has 1 aliphatic rings. The molecule has 2 rings (SSSR count). The fourth-order valence-corrected chi connectivity index (χ4v) is 1.72. The Bertz CT molecular complexity index is 350. The highest BCUT2D eigenvalue weighted by atomic mass is 16.5. The van der Waals surface area contributed by atoms with Crippen LogP contribution < -0.4 is 4.74 Å². The Morgan fingerprint density at radius 1 is 1.36 bits per heavy atom. The van der Waals surface area contributed by atoms with Gasteiger partial charge in [0.05, 0.1) is 6.26 Å². The highest BCUT2D eigenvalue weighted by molar-refractivity contribution is 5.41. The summed E-state index contributed by atoms with van der Waals surface area (Å²) in [6, 6.07) is 6.45. The highest BCUT2D eigenvalue weighted by Gasteiger charge is 2.07. The Morgan fingerprint density at radius 3 is 3.00 bits per heavy atom. The molecule has 0 atom stereocenters. The van der Waals surface area contributed by atoms with Gasteiger partial charge >= 0.3 is 0 Å². The van der Waals surface area contributed by atoms with Crippen molar-refractivity contribution < 1.29 is 4.74 Å². The van der Waals surface area contributed by atoms with Crippen LogP contribution in [0.15, 0.2) is 30.5 Å². The second kappa shape index (κ2) is 3.87. The van der Waals surface area contributed by atoms with Crippen molar-refractivity contribution in [1.82, 2.24) is 0 Å². The second-order valence-electron chi connectivity index (χ2n) is 4.02. The third-order valence-corrected chi connectivity index (χ3v) is 2.31. The molecule has 0 fully saturated rings. The molecule has 1 aromatic rings. The molecule has 0 amide bonds. The van der Waals surface area contributed by atoms with Crippen LogP contribution in [0.2, 0.25) is 0 Å². The Morgan fingerprint density at radius 2 is 2.21 bits per heavy atom. The Hall–Kier alpha value is -1.24. The largest absolute Gasteiger partial charge is 0.465 e. The van der Waals surface area contributed by atoms with Gasteiger partial charge in [-0.2, -0.15) is 0 Å². The van der Waals surface area contributed by atoms with Crippen molar-refractivity contribution in [2.45, 2.75) is 26.7 Å². The zero-order chi connectivity index (χ0) is 9.97. The molecule has 14 heavy (non-hydrogen) atoms. The first kappa shape index (κ1) is 9.32. The van der Waals surface area contributed by atoms with Crippen molar-refractivity contribution in [2.24, 2.45) is 0 Å². The summed E-state index contributed by atoms with van der Waals surface area (Å²) in [4.78, 5) is 0. The molecule has 1 aromatic carbocycles. The van der Waals surface area contributed by atoms with Crippen LogP contribution in [0.3, 0.4) is 0 Å². The molecule has 1 nitrogen and oxygen atoms in total. The van der Waals surface area contributed by atoms with E-state index in [4.69, 9.17) is 4.74 Å². The van der Waals surface area contributed by atoms with Crippen molar-refractivity contribution in [3.63, 3.8) is 0 Å². The molecular weight excluding hydrogens is 172 g/mol. The van der Waals surface area contributed by atoms with E-state index in [0.717, 1.165) is 18.6 Å². The molecule has 0 N–H and O–H groups in total. The maximum atomic E-state index is 5.40. The summed E-state index contributed by atoms with van der Waals surface area (Å²) in [6.07, 6.45) is 5.87. The average molecular weight is 187 g/mol. The quantitative estimate of drug-likeness (QED) is 0.690. The predicted octanol–water partition coefficient (Wildman–Crippen LogP) is 3.29. The molecular formula is C13H15O. The molecule has 1 heteroatoms. The second-order valence-corrected chi connectivity index (χ2v) is 4.02. The maximum absolute atomic E-state index is 5.40. The van der Waals surface area contributed by atoms with E-state index in [1.54, 1.807) is 6.26 Å². The minimum Gasteiger partial charge on any atom is -0.465 e. The molecule has 0 bridgehead atoms.